The Hall–Kier alpha value is -1.95. The number of rotatable bonds is 6. The molecule has 0 aliphatic carbocycles. The lowest BCUT2D eigenvalue weighted by atomic mass is 10.1. The SMILES string of the molecule is Oc1ccccc1CN(Cc1cc(Cl)c2c(c1)OCCO2)CC1CCCO1. The van der Waals surface area contributed by atoms with Crippen LogP contribution in [0.2, 0.25) is 5.02 Å². The summed E-state index contributed by atoms with van der Waals surface area (Å²) in [6.45, 7) is 4.00. The van der Waals surface area contributed by atoms with Crippen molar-refractivity contribution in [2.75, 3.05) is 26.4 Å². The fourth-order valence-corrected chi connectivity index (χ4v) is 3.95. The summed E-state index contributed by atoms with van der Waals surface area (Å²) < 4.78 is 17.1. The van der Waals surface area contributed by atoms with Crippen LogP contribution in [0, 0.1) is 0 Å². The fraction of sp³-hybridized carbons (Fsp3) is 0.429. The third-order valence-electron chi connectivity index (χ3n) is 4.93. The third kappa shape index (κ3) is 4.49. The predicted octanol–water partition coefficient (Wildman–Crippen LogP) is 4.00. The summed E-state index contributed by atoms with van der Waals surface area (Å²) in [7, 11) is 0. The Morgan fingerprint density at radius 3 is 2.74 bits per heavy atom. The first-order valence-electron chi connectivity index (χ1n) is 9.38. The Balaban J connectivity index is 1.54. The summed E-state index contributed by atoms with van der Waals surface area (Å²) in [4.78, 5) is 2.28. The smallest absolute Gasteiger partial charge is 0.179 e. The van der Waals surface area contributed by atoms with Gasteiger partial charge in [-0.1, -0.05) is 29.8 Å². The Morgan fingerprint density at radius 2 is 1.93 bits per heavy atom. The first-order chi connectivity index (χ1) is 13.2. The molecule has 1 saturated heterocycles. The van der Waals surface area contributed by atoms with Gasteiger partial charge in [-0.2, -0.15) is 0 Å². The monoisotopic (exact) mass is 389 g/mol. The van der Waals surface area contributed by atoms with Crippen LogP contribution in [0.25, 0.3) is 0 Å². The lowest BCUT2D eigenvalue weighted by Gasteiger charge is -2.27. The van der Waals surface area contributed by atoms with E-state index in [2.05, 4.69) is 4.90 Å². The number of hydrogen-bond acceptors (Lipinski definition) is 5. The van der Waals surface area contributed by atoms with Crippen molar-refractivity contribution in [3.8, 4) is 17.2 Å². The van der Waals surface area contributed by atoms with Gasteiger partial charge in [0.15, 0.2) is 11.5 Å². The average Bonchev–Trinajstić information content (AvgIpc) is 3.17. The second-order valence-electron chi connectivity index (χ2n) is 7.04. The Kier molecular flexibility index (Phi) is 5.72. The zero-order valence-corrected chi connectivity index (χ0v) is 16.0. The summed E-state index contributed by atoms with van der Waals surface area (Å²) in [6, 6.07) is 11.4. The van der Waals surface area contributed by atoms with E-state index in [1.165, 1.54) is 0 Å². The normalized spacial score (nSPS) is 18.8. The summed E-state index contributed by atoms with van der Waals surface area (Å²) >= 11 is 6.40. The van der Waals surface area contributed by atoms with E-state index < -0.39 is 0 Å². The van der Waals surface area contributed by atoms with Gasteiger partial charge in [0, 0.05) is 31.8 Å². The molecule has 0 bridgehead atoms. The number of fused-ring (bicyclic) bond motifs is 1. The fourth-order valence-electron chi connectivity index (χ4n) is 3.66. The zero-order valence-electron chi connectivity index (χ0n) is 15.2. The number of hydrogen-bond donors (Lipinski definition) is 1. The van der Waals surface area contributed by atoms with Crippen LogP contribution in [-0.4, -0.2) is 42.5 Å². The minimum Gasteiger partial charge on any atom is -0.508 e. The number of para-hydroxylation sites is 1. The molecule has 1 atom stereocenters. The Labute approximate surface area is 164 Å². The van der Waals surface area contributed by atoms with Crippen molar-refractivity contribution in [1.29, 1.82) is 0 Å². The van der Waals surface area contributed by atoms with Crippen molar-refractivity contribution < 1.29 is 19.3 Å². The number of phenols is 1. The van der Waals surface area contributed by atoms with Crippen LogP contribution >= 0.6 is 11.6 Å². The van der Waals surface area contributed by atoms with Gasteiger partial charge in [0.1, 0.15) is 19.0 Å². The maximum atomic E-state index is 10.2. The van der Waals surface area contributed by atoms with Gasteiger partial charge in [0.25, 0.3) is 0 Å². The lowest BCUT2D eigenvalue weighted by Crippen LogP contribution is -2.31. The van der Waals surface area contributed by atoms with E-state index in [9.17, 15) is 5.11 Å². The first kappa shape index (κ1) is 18.4. The third-order valence-corrected chi connectivity index (χ3v) is 5.21. The topological polar surface area (TPSA) is 51.2 Å². The van der Waals surface area contributed by atoms with Gasteiger partial charge in [0.05, 0.1) is 11.1 Å². The molecule has 5 nitrogen and oxygen atoms in total. The second kappa shape index (κ2) is 8.38. The molecule has 1 unspecified atom stereocenters. The van der Waals surface area contributed by atoms with Crippen molar-refractivity contribution in [2.24, 2.45) is 0 Å². The van der Waals surface area contributed by atoms with Crippen LogP contribution in [0.5, 0.6) is 17.2 Å². The molecule has 2 aliphatic rings. The number of benzene rings is 2. The molecule has 4 rings (SSSR count). The molecule has 1 N–H and O–H groups in total. The molecule has 2 aromatic rings. The number of nitrogens with zero attached hydrogens (tertiary/aromatic N) is 1. The van der Waals surface area contributed by atoms with Crippen LogP contribution in [0.1, 0.15) is 24.0 Å². The minimum atomic E-state index is 0.225. The van der Waals surface area contributed by atoms with Crippen molar-refractivity contribution >= 4 is 11.6 Å². The Bertz CT molecular complexity index is 792. The van der Waals surface area contributed by atoms with Crippen LogP contribution in [0.15, 0.2) is 36.4 Å². The largest absolute Gasteiger partial charge is 0.508 e. The molecule has 0 spiro atoms. The zero-order chi connectivity index (χ0) is 18.6. The summed E-state index contributed by atoms with van der Waals surface area (Å²) in [5.41, 5.74) is 1.96. The maximum Gasteiger partial charge on any atom is 0.179 e. The molecule has 2 aromatic carbocycles. The number of aromatic hydroxyl groups is 1. The van der Waals surface area contributed by atoms with E-state index in [4.69, 9.17) is 25.8 Å². The first-order valence-corrected chi connectivity index (χ1v) is 9.75. The van der Waals surface area contributed by atoms with Gasteiger partial charge in [0.2, 0.25) is 0 Å². The van der Waals surface area contributed by atoms with Gasteiger partial charge in [-0.15, -0.1) is 0 Å². The standard InChI is InChI=1S/C21H24ClNO4/c22-18-10-15(11-20-21(18)27-9-8-26-20)12-23(14-17-5-3-7-25-17)13-16-4-1-2-6-19(16)24/h1-2,4,6,10-11,17,24H,3,5,7-9,12-14H2. The highest BCUT2D eigenvalue weighted by Gasteiger charge is 2.22. The van der Waals surface area contributed by atoms with Crippen molar-refractivity contribution in [1.82, 2.24) is 4.90 Å². The summed E-state index contributed by atoms with van der Waals surface area (Å²) in [6.07, 6.45) is 2.40. The van der Waals surface area contributed by atoms with Gasteiger partial charge in [-0.25, -0.2) is 0 Å². The van der Waals surface area contributed by atoms with Gasteiger partial charge in [-0.3, -0.25) is 4.90 Å². The molecule has 2 aliphatic heterocycles. The molecule has 0 amide bonds. The molecule has 6 heteroatoms. The highest BCUT2D eigenvalue weighted by atomic mass is 35.5. The number of ether oxygens (including phenoxy) is 3. The van der Waals surface area contributed by atoms with Crippen molar-refractivity contribution in [3.63, 3.8) is 0 Å². The second-order valence-corrected chi connectivity index (χ2v) is 7.44. The van der Waals surface area contributed by atoms with Gasteiger partial charge >= 0.3 is 0 Å². The molecule has 1 fully saturated rings. The van der Waals surface area contributed by atoms with E-state index in [1.807, 2.05) is 30.3 Å². The molecular weight excluding hydrogens is 366 g/mol. The Morgan fingerprint density at radius 1 is 1.07 bits per heavy atom. The van der Waals surface area contributed by atoms with Gasteiger partial charge in [-0.05, 0) is 36.6 Å². The maximum absolute atomic E-state index is 10.2. The van der Waals surface area contributed by atoms with Crippen LogP contribution in [0.3, 0.4) is 0 Å². The van der Waals surface area contributed by atoms with Crippen molar-refractivity contribution in [2.45, 2.75) is 32.0 Å². The summed E-state index contributed by atoms with van der Waals surface area (Å²) in [5.74, 6) is 1.64. The number of halogens is 1. The van der Waals surface area contributed by atoms with E-state index in [-0.39, 0.29) is 6.10 Å². The minimum absolute atomic E-state index is 0.225. The quantitative estimate of drug-likeness (QED) is 0.809. The highest BCUT2D eigenvalue weighted by Crippen LogP contribution is 2.38. The van der Waals surface area contributed by atoms with E-state index in [0.29, 0.717) is 48.6 Å². The highest BCUT2D eigenvalue weighted by molar-refractivity contribution is 6.32. The van der Waals surface area contributed by atoms with Crippen LogP contribution < -0.4 is 9.47 Å². The molecular formula is C21H24ClNO4. The van der Waals surface area contributed by atoms with E-state index in [1.54, 1.807) is 6.07 Å². The predicted molar refractivity (Wildman–Crippen MR) is 104 cm³/mol. The molecule has 0 saturated carbocycles. The van der Waals surface area contributed by atoms with Gasteiger partial charge < -0.3 is 19.3 Å². The lowest BCUT2D eigenvalue weighted by molar-refractivity contribution is 0.0675. The molecule has 0 aromatic heterocycles. The van der Waals surface area contributed by atoms with Crippen LogP contribution in [0.4, 0.5) is 0 Å². The van der Waals surface area contributed by atoms with E-state index in [0.717, 1.165) is 37.1 Å². The van der Waals surface area contributed by atoms with Crippen LogP contribution in [-0.2, 0) is 17.8 Å². The average molecular weight is 390 g/mol. The molecule has 27 heavy (non-hydrogen) atoms. The van der Waals surface area contributed by atoms with Crippen molar-refractivity contribution in [3.05, 3.63) is 52.5 Å². The number of phenolic OH excluding ortho intramolecular Hbond substituents is 1. The molecule has 0 radical (unpaired) electrons. The molecule has 2 heterocycles. The van der Waals surface area contributed by atoms with E-state index >= 15 is 0 Å². The molecule has 144 valence electrons. The summed E-state index contributed by atoms with van der Waals surface area (Å²) in [5, 5.41) is 10.7.